The summed E-state index contributed by atoms with van der Waals surface area (Å²) in [5.41, 5.74) is 0.472. The summed E-state index contributed by atoms with van der Waals surface area (Å²) in [6, 6.07) is 6.82. The summed E-state index contributed by atoms with van der Waals surface area (Å²) in [5.74, 6) is -2.32. The quantitative estimate of drug-likeness (QED) is 0.319. The monoisotopic (exact) mass is 362 g/mol. The number of carbonyl (C=O) groups excluding carboxylic acids is 3. The topological polar surface area (TPSA) is 88.1 Å². The first-order chi connectivity index (χ1) is 12.3. The average molecular weight is 362 g/mol. The van der Waals surface area contributed by atoms with Crippen molar-refractivity contribution in [1.82, 2.24) is 0 Å². The van der Waals surface area contributed by atoms with Gasteiger partial charge in [0.15, 0.2) is 0 Å². The standard InChI is InChI=1S/C19H22O7/c1-4-23-16(20)6-5-11-24-14-9-7-13(8-10-14)12-15-17(21)25-19(2,3)26-18(15)22/h7-10,12H,4-6,11H2,1-3H3. The van der Waals surface area contributed by atoms with Gasteiger partial charge in [0.1, 0.15) is 11.3 Å². The third kappa shape index (κ3) is 5.61. The van der Waals surface area contributed by atoms with Crippen molar-refractivity contribution in [3.8, 4) is 5.75 Å². The minimum absolute atomic E-state index is 0.160. The Bertz CT molecular complexity index is 679. The second-order valence-corrected chi connectivity index (χ2v) is 6.06. The Morgan fingerprint density at radius 3 is 2.31 bits per heavy atom. The fourth-order valence-corrected chi connectivity index (χ4v) is 2.25. The fourth-order valence-electron chi connectivity index (χ4n) is 2.25. The number of benzene rings is 1. The van der Waals surface area contributed by atoms with E-state index in [2.05, 4.69) is 0 Å². The minimum Gasteiger partial charge on any atom is -0.494 e. The maximum absolute atomic E-state index is 11.9. The predicted molar refractivity (Wildman–Crippen MR) is 92.0 cm³/mol. The van der Waals surface area contributed by atoms with E-state index in [1.54, 1.807) is 31.2 Å². The van der Waals surface area contributed by atoms with Gasteiger partial charge in [-0.05, 0) is 37.1 Å². The summed E-state index contributed by atoms with van der Waals surface area (Å²) in [6.45, 7) is 5.50. The Morgan fingerprint density at radius 1 is 1.12 bits per heavy atom. The molecule has 0 bridgehead atoms. The van der Waals surface area contributed by atoms with Crippen LogP contribution in [0.5, 0.6) is 5.75 Å². The number of cyclic esters (lactones) is 2. The molecule has 0 saturated carbocycles. The van der Waals surface area contributed by atoms with E-state index in [-0.39, 0.29) is 11.5 Å². The highest BCUT2D eigenvalue weighted by atomic mass is 16.7. The van der Waals surface area contributed by atoms with E-state index in [1.807, 2.05) is 0 Å². The molecule has 1 heterocycles. The highest BCUT2D eigenvalue weighted by Crippen LogP contribution is 2.24. The SMILES string of the molecule is CCOC(=O)CCCOc1ccc(C=C2C(=O)OC(C)(C)OC2=O)cc1. The Balaban J connectivity index is 1.90. The lowest BCUT2D eigenvalue weighted by atomic mass is 10.1. The van der Waals surface area contributed by atoms with Gasteiger partial charge >= 0.3 is 17.9 Å². The van der Waals surface area contributed by atoms with E-state index < -0.39 is 17.7 Å². The molecule has 0 atom stereocenters. The maximum Gasteiger partial charge on any atom is 0.348 e. The molecule has 0 unspecified atom stereocenters. The molecule has 7 heteroatoms. The van der Waals surface area contributed by atoms with Crippen LogP contribution in [0.4, 0.5) is 0 Å². The van der Waals surface area contributed by atoms with E-state index in [4.69, 9.17) is 18.9 Å². The summed E-state index contributed by atoms with van der Waals surface area (Å²) in [4.78, 5) is 35.0. The van der Waals surface area contributed by atoms with Gasteiger partial charge in [0.05, 0.1) is 13.2 Å². The average Bonchev–Trinajstić information content (AvgIpc) is 2.56. The number of esters is 3. The van der Waals surface area contributed by atoms with Crippen LogP contribution in [0.15, 0.2) is 29.8 Å². The van der Waals surface area contributed by atoms with E-state index in [0.717, 1.165) is 0 Å². The molecule has 140 valence electrons. The molecule has 1 aromatic rings. The van der Waals surface area contributed by atoms with E-state index in [9.17, 15) is 14.4 Å². The smallest absolute Gasteiger partial charge is 0.348 e. The molecule has 0 radical (unpaired) electrons. The molecule has 1 aliphatic rings. The van der Waals surface area contributed by atoms with E-state index >= 15 is 0 Å². The van der Waals surface area contributed by atoms with Crippen LogP contribution in [0.1, 0.15) is 39.2 Å². The molecule has 26 heavy (non-hydrogen) atoms. The maximum atomic E-state index is 11.9. The van der Waals surface area contributed by atoms with E-state index in [1.165, 1.54) is 19.9 Å². The summed E-state index contributed by atoms with van der Waals surface area (Å²) < 4.78 is 20.5. The van der Waals surface area contributed by atoms with Crippen molar-refractivity contribution in [2.24, 2.45) is 0 Å². The lowest BCUT2D eigenvalue weighted by molar-refractivity contribution is -0.222. The van der Waals surface area contributed by atoms with Gasteiger partial charge in [0, 0.05) is 20.3 Å². The molecule has 0 N–H and O–H groups in total. The number of rotatable bonds is 7. The van der Waals surface area contributed by atoms with Gasteiger partial charge in [-0.3, -0.25) is 4.79 Å². The van der Waals surface area contributed by atoms with Crippen molar-refractivity contribution in [2.75, 3.05) is 13.2 Å². The van der Waals surface area contributed by atoms with Crippen molar-refractivity contribution < 1.29 is 33.3 Å². The molecule has 1 fully saturated rings. The second kappa shape index (κ2) is 8.51. The molecule has 1 saturated heterocycles. The van der Waals surface area contributed by atoms with Gasteiger partial charge < -0.3 is 18.9 Å². The first-order valence-corrected chi connectivity index (χ1v) is 8.37. The summed E-state index contributed by atoms with van der Waals surface area (Å²) in [6.07, 6.45) is 2.27. The van der Waals surface area contributed by atoms with E-state index in [0.29, 0.717) is 37.4 Å². The zero-order chi connectivity index (χ0) is 19.2. The number of hydrogen-bond acceptors (Lipinski definition) is 7. The van der Waals surface area contributed by atoms with Crippen molar-refractivity contribution in [2.45, 2.75) is 39.4 Å². The van der Waals surface area contributed by atoms with Crippen molar-refractivity contribution in [1.29, 1.82) is 0 Å². The van der Waals surface area contributed by atoms with Gasteiger partial charge in [0.2, 0.25) is 0 Å². The Hall–Kier alpha value is -2.83. The largest absolute Gasteiger partial charge is 0.494 e. The molecule has 1 aliphatic heterocycles. The summed E-state index contributed by atoms with van der Waals surface area (Å²) in [5, 5.41) is 0. The molecule has 0 spiro atoms. The molecule has 2 rings (SSSR count). The Morgan fingerprint density at radius 2 is 1.73 bits per heavy atom. The Labute approximate surface area is 151 Å². The van der Waals surface area contributed by atoms with Crippen LogP contribution < -0.4 is 4.74 Å². The van der Waals surface area contributed by atoms with Gasteiger partial charge in [0.25, 0.3) is 5.79 Å². The lowest BCUT2D eigenvalue weighted by Gasteiger charge is -2.29. The molecule has 0 aromatic heterocycles. The third-order valence-corrected chi connectivity index (χ3v) is 3.41. The minimum atomic E-state index is -1.26. The first kappa shape index (κ1) is 19.5. The highest BCUT2D eigenvalue weighted by molar-refractivity contribution is 6.18. The second-order valence-electron chi connectivity index (χ2n) is 6.06. The van der Waals surface area contributed by atoms with Gasteiger partial charge in [-0.25, -0.2) is 9.59 Å². The van der Waals surface area contributed by atoms with Crippen LogP contribution in [-0.4, -0.2) is 36.9 Å². The summed E-state index contributed by atoms with van der Waals surface area (Å²) >= 11 is 0. The number of carbonyl (C=O) groups is 3. The van der Waals surface area contributed by atoms with Gasteiger partial charge in [-0.2, -0.15) is 0 Å². The van der Waals surface area contributed by atoms with Gasteiger partial charge in [-0.15, -0.1) is 0 Å². The lowest BCUT2D eigenvalue weighted by Crippen LogP contribution is -2.41. The molecular weight excluding hydrogens is 340 g/mol. The van der Waals surface area contributed by atoms with Crippen molar-refractivity contribution in [3.05, 3.63) is 35.4 Å². The first-order valence-electron chi connectivity index (χ1n) is 8.37. The van der Waals surface area contributed by atoms with Crippen molar-refractivity contribution >= 4 is 24.0 Å². The zero-order valence-corrected chi connectivity index (χ0v) is 15.1. The molecule has 0 aliphatic carbocycles. The van der Waals surface area contributed by atoms with Crippen LogP contribution in [-0.2, 0) is 28.6 Å². The van der Waals surface area contributed by atoms with Crippen LogP contribution >= 0.6 is 0 Å². The predicted octanol–water partition coefficient (Wildman–Crippen LogP) is 2.63. The third-order valence-electron chi connectivity index (χ3n) is 3.41. The van der Waals surface area contributed by atoms with Crippen LogP contribution in [0.2, 0.25) is 0 Å². The molecular formula is C19H22O7. The Kier molecular flexibility index (Phi) is 6.38. The van der Waals surface area contributed by atoms with Crippen LogP contribution in [0.25, 0.3) is 6.08 Å². The number of ether oxygens (including phenoxy) is 4. The van der Waals surface area contributed by atoms with Crippen molar-refractivity contribution in [3.63, 3.8) is 0 Å². The zero-order valence-electron chi connectivity index (χ0n) is 15.1. The molecule has 0 amide bonds. The summed E-state index contributed by atoms with van der Waals surface area (Å²) in [7, 11) is 0. The van der Waals surface area contributed by atoms with Crippen LogP contribution in [0.3, 0.4) is 0 Å². The van der Waals surface area contributed by atoms with Gasteiger partial charge in [-0.1, -0.05) is 12.1 Å². The number of hydrogen-bond donors (Lipinski definition) is 0. The fraction of sp³-hybridized carbons (Fsp3) is 0.421. The highest BCUT2D eigenvalue weighted by Gasteiger charge is 2.38. The molecule has 7 nitrogen and oxygen atoms in total. The molecule has 1 aromatic carbocycles. The van der Waals surface area contributed by atoms with Crippen LogP contribution in [0, 0.1) is 0 Å². The normalized spacial score (nSPS) is 15.7.